The lowest BCUT2D eigenvalue weighted by Crippen LogP contribution is -2.43. The molecular formula is C22H21N5O3. The smallest absolute Gasteiger partial charge is 0.267 e. The highest BCUT2D eigenvalue weighted by Gasteiger charge is 2.59. The van der Waals surface area contributed by atoms with Crippen molar-refractivity contribution < 1.29 is 9.59 Å². The molecule has 1 saturated heterocycles. The van der Waals surface area contributed by atoms with E-state index in [1.807, 2.05) is 36.4 Å². The molecule has 2 aliphatic rings. The minimum atomic E-state index is -0.880. The molecule has 2 atom stereocenters. The van der Waals surface area contributed by atoms with E-state index >= 15 is 0 Å². The van der Waals surface area contributed by atoms with Crippen LogP contribution in [0.3, 0.4) is 0 Å². The van der Waals surface area contributed by atoms with Crippen LogP contribution in [0.15, 0.2) is 53.6 Å². The molecule has 2 aromatic heterocycles. The van der Waals surface area contributed by atoms with Gasteiger partial charge < -0.3 is 15.3 Å². The van der Waals surface area contributed by atoms with Gasteiger partial charge in [-0.15, -0.1) is 0 Å². The second-order valence-corrected chi connectivity index (χ2v) is 7.86. The maximum absolute atomic E-state index is 13.4. The van der Waals surface area contributed by atoms with Crippen molar-refractivity contribution in [3.63, 3.8) is 0 Å². The molecule has 3 N–H and O–H groups in total. The normalized spacial score (nSPS) is 22.4. The Balaban J connectivity index is 1.61. The first-order chi connectivity index (χ1) is 14.5. The highest BCUT2D eigenvalue weighted by Crippen LogP contribution is 2.54. The van der Waals surface area contributed by atoms with E-state index in [-0.39, 0.29) is 23.8 Å². The van der Waals surface area contributed by atoms with E-state index in [1.165, 1.54) is 0 Å². The number of aryl methyl sites for hydroxylation is 1. The molecule has 2 unspecified atom stereocenters. The third-order valence-corrected chi connectivity index (χ3v) is 6.33. The number of amides is 2. The first kappa shape index (κ1) is 18.4. The minimum Gasteiger partial charge on any atom is -0.334 e. The lowest BCUT2D eigenvalue weighted by Gasteiger charge is -2.34. The zero-order valence-electron chi connectivity index (χ0n) is 16.4. The molecule has 2 amide bonds. The molecule has 0 bridgehead atoms. The van der Waals surface area contributed by atoms with Crippen molar-refractivity contribution in [1.82, 2.24) is 20.1 Å². The summed E-state index contributed by atoms with van der Waals surface area (Å²) in [7, 11) is 0. The zero-order valence-corrected chi connectivity index (χ0v) is 16.4. The van der Waals surface area contributed by atoms with E-state index in [1.54, 1.807) is 24.2 Å². The third kappa shape index (κ3) is 2.53. The Hall–Kier alpha value is -3.68. The van der Waals surface area contributed by atoms with Crippen LogP contribution in [0, 0.1) is 6.92 Å². The highest BCUT2D eigenvalue weighted by molar-refractivity contribution is 6.07. The number of nitrogens with one attached hydrogen (secondary N) is 3. The number of nitrogens with zero attached hydrogens (tertiary/aromatic N) is 2. The number of likely N-dealkylation sites (tertiary alicyclic amines) is 1. The number of anilines is 1. The summed E-state index contributed by atoms with van der Waals surface area (Å²) in [6.45, 7) is 2.17. The van der Waals surface area contributed by atoms with E-state index in [0.717, 1.165) is 16.8 Å². The predicted octanol–water partition coefficient (Wildman–Crippen LogP) is 1.81. The van der Waals surface area contributed by atoms with Crippen molar-refractivity contribution in [2.75, 3.05) is 11.9 Å². The molecular weight excluding hydrogens is 382 g/mol. The van der Waals surface area contributed by atoms with Crippen molar-refractivity contribution in [2.24, 2.45) is 0 Å². The summed E-state index contributed by atoms with van der Waals surface area (Å²) < 4.78 is 0. The van der Waals surface area contributed by atoms with Crippen molar-refractivity contribution in [1.29, 1.82) is 0 Å². The summed E-state index contributed by atoms with van der Waals surface area (Å²) in [6.07, 6.45) is 3.85. The number of fused-ring (bicyclic) bond motifs is 2. The fourth-order valence-electron chi connectivity index (χ4n) is 4.89. The van der Waals surface area contributed by atoms with E-state index in [9.17, 15) is 14.4 Å². The molecule has 0 aliphatic carbocycles. The molecule has 2 aliphatic heterocycles. The van der Waals surface area contributed by atoms with Crippen LogP contribution in [0.5, 0.6) is 0 Å². The maximum atomic E-state index is 13.4. The van der Waals surface area contributed by atoms with Crippen molar-refractivity contribution >= 4 is 17.5 Å². The Kier molecular flexibility index (Phi) is 4.09. The topological polar surface area (TPSA) is 111 Å². The minimum absolute atomic E-state index is 0.0270. The number of hydrogen-bond donors (Lipinski definition) is 3. The first-order valence-electron chi connectivity index (χ1n) is 9.89. The van der Waals surface area contributed by atoms with Crippen molar-refractivity contribution in [2.45, 2.75) is 31.2 Å². The van der Waals surface area contributed by atoms with Gasteiger partial charge in [0.1, 0.15) is 5.41 Å². The lowest BCUT2D eigenvalue weighted by molar-refractivity contribution is -0.132. The number of carbonyl (C=O) groups excluding carboxylic acids is 2. The second kappa shape index (κ2) is 6.69. The van der Waals surface area contributed by atoms with Crippen LogP contribution in [0.1, 0.15) is 34.8 Å². The Morgan fingerprint density at radius 2 is 2.03 bits per heavy atom. The number of benzene rings is 1. The first-order valence-corrected chi connectivity index (χ1v) is 9.89. The average molecular weight is 403 g/mol. The molecule has 4 heterocycles. The summed E-state index contributed by atoms with van der Waals surface area (Å²) in [5, 5.41) is 8.28. The van der Waals surface area contributed by atoms with E-state index in [2.05, 4.69) is 20.5 Å². The van der Waals surface area contributed by atoms with Gasteiger partial charge in [-0.25, -0.2) is 0 Å². The predicted molar refractivity (Wildman–Crippen MR) is 110 cm³/mol. The maximum Gasteiger partial charge on any atom is 0.267 e. The van der Waals surface area contributed by atoms with Gasteiger partial charge in [0.2, 0.25) is 11.8 Å². The molecule has 1 fully saturated rings. The van der Waals surface area contributed by atoms with Gasteiger partial charge in [-0.3, -0.25) is 24.5 Å². The van der Waals surface area contributed by atoms with Crippen LogP contribution in [-0.2, 0) is 21.4 Å². The van der Waals surface area contributed by atoms with Gasteiger partial charge in [0.05, 0.1) is 12.5 Å². The van der Waals surface area contributed by atoms with Gasteiger partial charge >= 0.3 is 0 Å². The highest BCUT2D eigenvalue weighted by atomic mass is 16.2. The molecule has 3 aromatic rings. The summed E-state index contributed by atoms with van der Waals surface area (Å²) in [5.41, 5.74) is 2.37. The van der Waals surface area contributed by atoms with E-state index in [4.69, 9.17) is 0 Å². The third-order valence-electron chi connectivity index (χ3n) is 6.33. The fourth-order valence-corrected chi connectivity index (χ4v) is 4.89. The van der Waals surface area contributed by atoms with E-state index in [0.29, 0.717) is 24.2 Å². The van der Waals surface area contributed by atoms with Gasteiger partial charge in [0.15, 0.2) is 0 Å². The van der Waals surface area contributed by atoms with Gasteiger partial charge in [-0.2, -0.15) is 0 Å². The Bertz CT molecular complexity index is 1200. The van der Waals surface area contributed by atoms with Gasteiger partial charge in [-0.1, -0.05) is 24.3 Å². The lowest BCUT2D eigenvalue weighted by atomic mass is 9.73. The van der Waals surface area contributed by atoms with Gasteiger partial charge in [0.25, 0.3) is 5.56 Å². The van der Waals surface area contributed by atoms with Crippen LogP contribution in [-0.4, -0.2) is 38.4 Å². The van der Waals surface area contributed by atoms with Crippen LogP contribution in [0.25, 0.3) is 0 Å². The molecule has 30 heavy (non-hydrogen) atoms. The summed E-state index contributed by atoms with van der Waals surface area (Å²) in [5.74, 6) is -0.297. The molecule has 152 valence electrons. The molecule has 1 spiro atoms. The molecule has 8 nitrogen and oxygen atoms in total. The van der Waals surface area contributed by atoms with Crippen molar-refractivity contribution in [3.8, 4) is 0 Å². The summed E-state index contributed by atoms with van der Waals surface area (Å²) in [6, 6.07) is 10.8. The number of para-hydroxylation sites is 1. The molecule has 5 rings (SSSR count). The molecule has 8 heteroatoms. The molecule has 0 saturated carbocycles. The Labute approximate surface area is 172 Å². The van der Waals surface area contributed by atoms with Gasteiger partial charge in [-0.05, 0) is 36.6 Å². The number of rotatable bonds is 3. The van der Waals surface area contributed by atoms with Crippen LogP contribution < -0.4 is 10.9 Å². The SMILES string of the molecule is Cc1[nH][nH]c(=O)c1CC(=O)N1CCC2(C(=O)Nc3ccccc32)C1c1cccnc1. The Morgan fingerprint density at radius 3 is 2.77 bits per heavy atom. The number of aromatic nitrogens is 3. The monoisotopic (exact) mass is 403 g/mol. The zero-order chi connectivity index (χ0) is 20.9. The van der Waals surface area contributed by atoms with Crippen molar-refractivity contribution in [3.05, 3.63) is 81.5 Å². The summed E-state index contributed by atoms with van der Waals surface area (Å²) in [4.78, 5) is 44.7. The van der Waals surface area contributed by atoms with Crippen LogP contribution >= 0.6 is 0 Å². The quantitative estimate of drug-likeness (QED) is 0.619. The second-order valence-electron chi connectivity index (χ2n) is 7.86. The van der Waals surface area contributed by atoms with Crippen LogP contribution in [0.4, 0.5) is 5.69 Å². The number of hydrogen-bond acceptors (Lipinski definition) is 4. The number of pyridine rings is 1. The number of aromatic amines is 2. The average Bonchev–Trinajstić information content (AvgIpc) is 3.40. The molecule has 1 aromatic carbocycles. The largest absolute Gasteiger partial charge is 0.334 e. The fraction of sp³-hybridized carbons (Fsp3) is 0.273. The standard InChI is InChI=1S/C22H21N5O3/c1-13-15(20(29)26-25-13)11-18(28)27-10-8-22(19(27)14-5-4-9-23-12-14)16-6-2-3-7-17(16)24-21(22)30/h2-7,9,12,19H,8,10-11H2,1H3,(H,24,30)(H2,25,26,29). The number of carbonyl (C=O) groups is 2. The van der Waals surface area contributed by atoms with E-state index < -0.39 is 11.5 Å². The number of H-pyrrole nitrogens is 2. The van der Waals surface area contributed by atoms with Crippen LogP contribution in [0.2, 0.25) is 0 Å². The Morgan fingerprint density at radius 1 is 1.20 bits per heavy atom. The van der Waals surface area contributed by atoms with Gasteiger partial charge in [0, 0.05) is 35.9 Å². The molecule has 0 radical (unpaired) electrons. The summed E-state index contributed by atoms with van der Waals surface area (Å²) >= 11 is 0.